The summed E-state index contributed by atoms with van der Waals surface area (Å²) in [7, 11) is 3.34. The second-order valence-corrected chi connectivity index (χ2v) is 8.23. The highest BCUT2D eigenvalue weighted by molar-refractivity contribution is 5.79. The lowest BCUT2D eigenvalue weighted by Gasteiger charge is -2.43. The summed E-state index contributed by atoms with van der Waals surface area (Å²) in [5.41, 5.74) is 3.52. The van der Waals surface area contributed by atoms with Gasteiger partial charge in [0.25, 0.3) is 0 Å². The van der Waals surface area contributed by atoms with Crippen LogP contribution < -0.4 is 14.8 Å². The van der Waals surface area contributed by atoms with Gasteiger partial charge in [0.05, 0.1) is 32.7 Å². The molecule has 0 fully saturated rings. The number of nitrogens with one attached hydrogen (secondary N) is 1. The Kier molecular flexibility index (Phi) is 7.38. The Morgan fingerprint density at radius 2 is 1.80 bits per heavy atom. The third-order valence-corrected chi connectivity index (χ3v) is 6.03. The molecule has 0 saturated carbocycles. The zero-order chi connectivity index (χ0) is 21.7. The van der Waals surface area contributed by atoms with Gasteiger partial charge in [0.1, 0.15) is 0 Å². The van der Waals surface area contributed by atoms with Crippen molar-refractivity contribution < 1.29 is 14.3 Å². The van der Waals surface area contributed by atoms with E-state index < -0.39 is 0 Å². The van der Waals surface area contributed by atoms with Crippen molar-refractivity contribution in [2.75, 3.05) is 27.3 Å². The first-order valence-electron chi connectivity index (χ1n) is 10.8. The van der Waals surface area contributed by atoms with Crippen molar-refractivity contribution in [3.05, 3.63) is 59.2 Å². The van der Waals surface area contributed by atoms with E-state index in [1.807, 2.05) is 30.3 Å². The number of hydrogen-bond acceptors (Lipinski definition) is 4. The molecule has 1 N–H and O–H groups in total. The van der Waals surface area contributed by atoms with Crippen molar-refractivity contribution in [3.8, 4) is 11.5 Å². The van der Waals surface area contributed by atoms with Gasteiger partial charge in [0.2, 0.25) is 5.91 Å². The minimum Gasteiger partial charge on any atom is -0.493 e. The topological polar surface area (TPSA) is 50.8 Å². The summed E-state index contributed by atoms with van der Waals surface area (Å²) in [4.78, 5) is 15.4. The monoisotopic (exact) mass is 410 g/mol. The number of carbonyl (C=O) groups excluding carboxylic acids is 1. The highest BCUT2D eigenvalue weighted by Crippen LogP contribution is 2.40. The Labute approximate surface area is 180 Å². The molecule has 0 spiro atoms. The van der Waals surface area contributed by atoms with Crippen LogP contribution in [0.3, 0.4) is 0 Å². The molecule has 5 heteroatoms. The molecule has 0 bridgehead atoms. The maximum absolute atomic E-state index is 12.9. The number of rotatable bonds is 8. The Balaban J connectivity index is 1.93. The van der Waals surface area contributed by atoms with E-state index in [1.54, 1.807) is 14.2 Å². The van der Waals surface area contributed by atoms with Crippen LogP contribution in [0.15, 0.2) is 42.5 Å². The molecule has 2 aromatic carbocycles. The molecule has 5 nitrogen and oxygen atoms in total. The fraction of sp³-hybridized carbons (Fsp3) is 0.480. The molecule has 2 aromatic rings. The van der Waals surface area contributed by atoms with Crippen LogP contribution in [-0.2, 0) is 17.6 Å². The molecular formula is C25H34N2O3. The van der Waals surface area contributed by atoms with Gasteiger partial charge in [-0.25, -0.2) is 0 Å². The summed E-state index contributed by atoms with van der Waals surface area (Å²) in [5, 5.41) is 3.35. The molecule has 1 aliphatic rings. The van der Waals surface area contributed by atoms with Gasteiger partial charge >= 0.3 is 0 Å². The van der Waals surface area contributed by atoms with E-state index in [0.29, 0.717) is 6.42 Å². The number of fused-ring (bicyclic) bond motifs is 1. The molecule has 0 aromatic heterocycles. The molecule has 30 heavy (non-hydrogen) atoms. The summed E-state index contributed by atoms with van der Waals surface area (Å²) in [5.74, 6) is 1.83. The molecule has 1 amide bonds. The normalized spacial score (nSPS) is 17.3. The Morgan fingerprint density at radius 1 is 1.13 bits per heavy atom. The van der Waals surface area contributed by atoms with Gasteiger partial charge in [0, 0.05) is 6.54 Å². The Hall–Kier alpha value is -2.53. The molecule has 162 valence electrons. The minimum atomic E-state index is -0.00156. The number of carbonyl (C=O) groups is 1. The van der Waals surface area contributed by atoms with Gasteiger partial charge in [-0.2, -0.15) is 0 Å². The van der Waals surface area contributed by atoms with E-state index in [2.05, 4.69) is 43.1 Å². The SMILES string of the molecule is CCN1CCc2cc(OC)c(OC)cc2[C@H]1[C@H](NC(=O)Cc1ccccc1)C(C)C. The first-order chi connectivity index (χ1) is 14.5. The average Bonchev–Trinajstić information content (AvgIpc) is 2.76. The zero-order valence-electron chi connectivity index (χ0n) is 18.8. The molecule has 2 atom stereocenters. The first kappa shape index (κ1) is 22.2. The van der Waals surface area contributed by atoms with Crippen LogP contribution >= 0.6 is 0 Å². The first-order valence-corrected chi connectivity index (χ1v) is 10.8. The highest BCUT2D eigenvalue weighted by atomic mass is 16.5. The van der Waals surface area contributed by atoms with Crippen LogP contribution in [0.2, 0.25) is 0 Å². The summed E-state index contributed by atoms with van der Waals surface area (Å²) >= 11 is 0. The fourth-order valence-corrected chi connectivity index (χ4v) is 4.43. The van der Waals surface area contributed by atoms with Gasteiger partial charge in [-0.3, -0.25) is 9.69 Å². The van der Waals surface area contributed by atoms with Crippen molar-refractivity contribution in [2.45, 2.75) is 45.7 Å². The van der Waals surface area contributed by atoms with E-state index in [0.717, 1.165) is 36.6 Å². The summed E-state index contributed by atoms with van der Waals surface area (Å²) < 4.78 is 11.1. The maximum atomic E-state index is 12.9. The van der Waals surface area contributed by atoms with Gasteiger partial charge in [-0.15, -0.1) is 0 Å². The third-order valence-electron chi connectivity index (χ3n) is 6.03. The average molecular weight is 411 g/mol. The van der Waals surface area contributed by atoms with Crippen LogP contribution in [-0.4, -0.2) is 44.2 Å². The van der Waals surface area contributed by atoms with E-state index in [9.17, 15) is 4.79 Å². The van der Waals surface area contributed by atoms with Crippen molar-refractivity contribution in [3.63, 3.8) is 0 Å². The summed E-state index contributed by atoms with van der Waals surface area (Å²) in [6.45, 7) is 8.42. The number of benzene rings is 2. The van der Waals surface area contributed by atoms with Crippen molar-refractivity contribution in [2.24, 2.45) is 5.92 Å². The number of likely N-dealkylation sites (N-methyl/N-ethyl adjacent to an activating group) is 1. The highest BCUT2D eigenvalue weighted by Gasteiger charge is 2.36. The molecule has 0 radical (unpaired) electrons. The summed E-state index contributed by atoms with van der Waals surface area (Å²) in [6, 6.07) is 14.2. The second-order valence-electron chi connectivity index (χ2n) is 8.23. The number of amides is 1. The van der Waals surface area contributed by atoms with E-state index in [1.165, 1.54) is 11.1 Å². The predicted molar refractivity (Wildman–Crippen MR) is 120 cm³/mol. The zero-order valence-corrected chi connectivity index (χ0v) is 18.8. The quantitative estimate of drug-likeness (QED) is 0.715. The van der Waals surface area contributed by atoms with E-state index in [-0.39, 0.29) is 23.9 Å². The third kappa shape index (κ3) is 4.78. The van der Waals surface area contributed by atoms with Gasteiger partial charge in [-0.1, -0.05) is 51.1 Å². The van der Waals surface area contributed by atoms with Gasteiger partial charge in [-0.05, 0) is 47.7 Å². The molecule has 1 aliphatic heterocycles. The molecule has 0 unspecified atom stereocenters. The summed E-state index contributed by atoms with van der Waals surface area (Å²) in [6.07, 6.45) is 1.35. The molecule has 3 rings (SSSR count). The van der Waals surface area contributed by atoms with Crippen molar-refractivity contribution >= 4 is 5.91 Å². The van der Waals surface area contributed by atoms with E-state index >= 15 is 0 Å². The number of nitrogens with zero attached hydrogens (tertiary/aromatic N) is 1. The predicted octanol–water partition coefficient (Wildman–Crippen LogP) is 4.01. The van der Waals surface area contributed by atoms with Crippen LogP contribution in [0.5, 0.6) is 11.5 Å². The van der Waals surface area contributed by atoms with Crippen molar-refractivity contribution in [1.82, 2.24) is 10.2 Å². The van der Waals surface area contributed by atoms with Gasteiger partial charge < -0.3 is 14.8 Å². The fourth-order valence-electron chi connectivity index (χ4n) is 4.43. The largest absolute Gasteiger partial charge is 0.493 e. The minimum absolute atomic E-state index is 0.00156. The maximum Gasteiger partial charge on any atom is 0.224 e. The molecule has 0 saturated heterocycles. The number of hydrogen-bond donors (Lipinski definition) is 1. The van der Waals surface area contributed by atoms with Gasteiger partial charge in [0.15, 0.2) is 11.5 Å². The lowest BCUT2D eigenvalue weighted by Crippen LogP contribution is -2.51. The number of ether oxygens (including phenoxy) is 2. The van der Waals surface area contributed by atoms with E-state index in [4.69, 9.17) is 9.47 Å². The lowest BCUT2D eigenvalue weighted by atomic mass is 9.83. The molecular weight excluding hydrogens is 376 g/mol. The lowest BCUT2D eigenvalue weighted by molar-refractivity contribution is -0.122. The van der Waals surface area contributed by atoms with Crippen LogP contribution in [0.4, 0.5) is 0 Å². The second kappa shape index (κ2) is 9.98. The standard InChI is InChI=1S/C25H34N2O3/c1-6-27-13-12-19-15-21(29-4)22(30-5)16-20(19)25(27)24(17(2)3)26-23(28)14-18-10-8-7-9-11-18/h7-11,15-17,24-25H,6,12-14H2,1-5H3,(H,26,28)/t24-,25+/m1/s1. The Morgan fingerprint density at radius 3 is 2.40 bits per heavy atom. The number of methoxy groups -OCH3 is 2. The van der Waals surface area contributed by atoms with Crippen molar-refractivity contribution in [1.29, 1.82) is 0 Å². The molecule has 1 heterocycles. The smallest absolute Gasteiger partial charge is 0.224 e. The van der Waals surface area contributed by atoms with Crippen LogP contribution in [0.1, 0.15) is 43.5 Å². The van der Waals surface area contributed by atoms with Crippen LogP contribution in [0, 0.1) is 5.92 Å². The molecule has 0 aliphatic carbocycles. The van der Waals surface area contributed by atoms with Crippen LogP contribution in [0.25, 0.3) is 0 Å². The Bertz CT molecular complexity index is 851.